The van der Waals surface area contributed by atoms with E-state index in [0.717, 1.165) is 77.7 Å². The molecule has 0 heterocycles. The maximum absolute atomic E-state index is 10.7. The molecule has 1 unspecified atom stereocenters. The van der Waals surface area contributed by atoms with Crippen molar-refractivity contribution in [2.75, 3.05) is 19.7 Å². The number of benzene rings is 3. The lowest BCUT2D eigenvalue weighted by Gasteiger charge is -2.32. The number of hydrogen-bond donors (Lipinski definition) is 1. The van der Waals surface area contributed by atoms with Gasteiger partial charge in [-0.15, -0.1) is 0 Å². The monoisotopic (exact) mass is 527 g/mol. The molecule has 1 atom stereocenters. The highest BCUT2D eigenvalue weighted by atomic mass is 35.5. The Hall–Kier alpha value is -1.81. The fourth-order valence-electron chi connectivity index (χ4n) is 4.94. The average molecular weight is 529 g/mol. The van der Waals surface area contributed by atoms with E-state index in [4.69, 9.17) is 34.8 Å². The Morgan fingerprint density at radius 1 is 0.771 bits per heavy atom. The van der Waals surface area contributed by atoms with Crippen LogP contribution in [0.1, 0.15) is 67.8 Å². The average Bonchev–Trinajstić information content (AvgIpc) is 3.14. The normalized spacial score (nSPS) is 14.4. The Balaban J connectivity index is 1.90. The van der Waals surface area contributed by atoms with Crippen LogP contribution in [0.4, 0.5) is 0 Å². The summed E-state index contributed by atoms with van der Waals surface area (Å²) in [5, 5.41) is 12.7. The van der Waals surface area contributed by atoms with Gasteiger partial charge in [-0.05, 0) is 107 Å². The second-order valence-corrected chi connectivity index (χ2v) is 10.5. The Kier molecular flexibility index (Phi) is 8.97. The maximum Gasteiger partial charge on any atom is 0.0628 e. The first kappa shape index (κ1) is 26.3. The Labute approximate surface area is 224 Å². The van der Waals surface area contributed by atoms with Gasteiger partial charge in [0.1, 0.15) is 0 Å². The van der Waals surface area contributed by atoms with E-state index in [1.807, 2.05) is 48.5 Å². The van der Waals surface area contributed by atoms with Gasteiger partial charge >= 0.3 is 0 Å². The van der Waals surface area contributed by atoms with Crippen molar-refractivity contribution in [1.82, 2.24) is 4.90 Å². The summed E-state index contributed by atoms with van der Waals surface area (Å²) in [5.41, 5.74) is 7.62. The Bertz CT molecular complexity index is 1190. The number of fused-ring (bicyclic) bond motifs is 3. The largest absolute Gasteiger partial charge is 0.394 e. The van der Waals surface area contributed by atoms with Gasteiger partial charge in [0.05, 0.1) is 12.6 Å². The van der Waals surface area contributed by atoms with Gasteiger partial charge in [-0.3, -0.25) is 4.90 Å². The smallest absolute Gasteiger partial charge is 0.0628 e. The van der Waals surface area contributed by atoms with E-state index < -0.39 is 0 Å². The SMILES string of the molecule is CCCCN(CCCC)C(CO)c1cc(Cl)cc2c1-c1ccc(Cl)cc1C2=Cc1ccc(Cl)cc1. The summed E-state index contributed by atoms with van der Waals surface area (Å²) in [7, 11) is 0. The first-order valence-electron chi connectivity index (χ1n) is 12.4. The molecule has 0 radical (unpaired) electrons. The first-order chi connectivity index (χ1) is 17.0. The van der Waals surface area contributed by atoms with Crippen LogP contribution >= 0.6 is 34.8 Å². The summed E-state index contributed by atoms with van der Waals surface area (Å²) in [6.07, 6.45) is 6.58. The molecule has 184 valence electrons. The molecule has 0 saturated heterocycles. The molecule has 3 aromatic carbocycles. The summed E-state index contributed by atoms with van der Waals surface area (Å²) < 4.78 is 0. The molecule has 0 aromatic heterocycles. The standard InChI is InChI=1S/C30H32Cl3NO/c1-3-5-13-34(14-6-4-2)29(19-35)28-18-23(33)17-27-25(15-20-7-9-21(31)10-8-20)26-16-22(32)11-12-24(26)30(27)28/h7-12,15-18,29,35H,3-6,13-14,19H2,1-2H3. The molecule has 3 aromatic rings. The van der Waals surface area contributed by atoms with Crippen LogP contribution in [0.25, 0.3) is 22.8 Å². The molecular formula is C30H32Cl3NO. The number of hydrogen-bond acceptors (Lipinski definition) is 2. The zero-order valence-corrected chi connectivity index (χ0v) is 22.6. The van der Waals surface area contributed by atoms with E-state index in [1.54, 1.807) is 0 Å². The molecule has 0 amide bonds. The van der Waals surface area contributed by atoms with Gasteiger partial charge in [0.2, 0.25) is 0 Å². The van der Waals surface area contributed by atoms with Crippen molar-refractivity contribution in [1.29, 1.82) is 0 Å². The number of halogens is 3. The molecule has 0 bridgehead atoms. The van der Waals surface area contributed by atoms with Crippen molar-refractivity contribution < 1.29 is 5.11 Å². The molecule has 2 nitrogen and oxygen atoms in total. The number of rotatable bonds is 10. The van der Waals surface area contributed by atoms with E-state index in [1.165, 1.54) is 0 Å². The van der Waals surface area contributed by atoms with Crippen LogP contribution in [0.15, 0.2) is 54.6 Å². The van der Waals surface area contributed by atoms with E-state index in [2.05, 4.69) is 30.9 Å². The molecule has 4 rings (SSSR count). The molecule has 0 spiro atoms. The minimum atomic E-state index is -0.126. The predicted molar refractivity (Wildman–Crippen MR) is 152 cm³/mol. The summed E-state index contributed by atoms with van der Waals surface area (Å²) in [4.78, 5) is 2.43. The van der Waals surface area contributed by atoms with Crippen molar-refractivity contribution >= 4 is 46.5 Å². The van der Waals surface area contributed by atoms with E-state index in [9.17, 15) is 5.11 Å². The fourth-order valence-corrected chi connectivity index (χ4v) is 5.47. The van der Waals surface area contributed by atoms with Crippen molar-refractivity contribution in [2.45, 2.75) is 45.6 Å². The topological polar surface area (TPSA) is 23.5 Å². The second kappa shape index (κ2) is 12.0. The summed E-state index contributed by atoms with van der Waals surface area (Å²) in [6, 6.07) is 17.8. The highest BCUT2D eigenvalue weighted by molar-refractivity contribution is 6.32. The predicted octanol–water partition coefficient (Wildman–Crippen LogP) is 9.15. The van der Waals surface area contributed by atoms with Crippen molar-refractivity contribution in [3.05, 3.63) is 91.9 Å². The lowest BCUT2D eigenvalue weighted by atomic mass is 9.93. The van der Waals surface area contributed by atoms with Crippen molar-refractivity contribution in [2.24, 2.45) is 0 Å². The van der Waals surface area contributed by atoms with Crippen molar-refractivity contribution in [3.8, 4) is 11.1 Å². The second-order valence-electron chi connectivity index (χ2n) is 9.16. The third-order valence-electron chi connectivity index (χ3n) is 6.72. The van der Waals surface area contributed by atoms with E-state index in [-0.39, 0.29) is 12.6 Å². The number of aliphatic hydroxyl groups is 1. The minimum Gasteiger partial charge on any atom is -0.394 e. The zero-order chi connectivity index (χ0) is 24.9. The van der Waals surface area contributed by atoms with Gasteiger partial charge in [0, 0.05) is 15.1 Å². The van der Waals surface area contributed by atoms with Crippen LogP contribution in [-0.2, 0) is 0 Å². The van der Waals surface area contributed by atoms with E-state index in [0.29, 0.717) is 15.1 Å². The molecule has 0 fully saturated rings. The lowest BCUT2D eigenvalue weighted by Crippen LogP contribution is -2.33. The molecule has 1 aliphatic carbocycles. The third-order valence-corrected chi connectivity index (χ3v) is 7.42. The highest BCUT2D eigenvalue weighted by Gasteiger charge is 2.31. The van der Waals surface area contributed by atoms with Crippen molar-refractivity contribution in [3.63, 3.8) is 0 Å². The number of aliphatic hydroxyl groups excluding tert-OH is 1. The maximum atomic E-state index is 10.7. The third kappa shape index (κ3) is 5.79. The fraction of sp³-hybridized carbons (Fsp3) is 0.333. The zero-order valence-electron chi connectivity index (χ0n) is 20.3. The minimum absolute atomic E-state index is 0.0410. The van der Waals surface area contributed by atoms with Gasteiger partial charge in [0.25, 0.3) is 0 Å². The number of nitrogens with zero attached hydrogens (tertiary/aromatic N) is 1. The van der Waals surface area contributed by atoms with Crippen LogP contribution in [0, 0.1) is 0 Å². The van der Waals surface area contributed by atoms with Gasteiger partial charge in [0.15, 0.2) is 0 Å². The molecular weight excluding hydrogens is 497 g/mol. The molecule has 35 heavy (non-hydrogen) atoms. The Morgan fingerprint density at radius 2 is 1.40 bits per heavy atom. The van der Waals surface area contributed by atoms with Crippen LogP contribution in [0.2, 0.25) is 15.1 Å². The van der Waals surface area contributed by atoms with Gasteiger partial charge < -0.3 is 5.11 Å². The quantitative estimate of drug-likeness (QED) is 0.222. The van der Waals surface area contributed by atoms with E-state index >= 15 is 0 Å². The summed E-state index contributed by atoms with van der Waals surface area (Å²) >= 11 is 19.3. The first-order valence-corrected chi connectivity index (χ1v) is 13.6. The molecule has 5 heteroatoms. The van der Waals surface area contributed by atoms with Crippen LogP contribution in [0.3, 0.4) is 0 Å². The molecule has 1 aliphatic rings. The van der Waals surface area contributed by atoms with Gasteiger partial charge in [-0.25, -0.2) is 0 Å². The van der Waals surface area contributed by atoms with Crippen LogP contribution in [0.5, 0.6) is 0 Å². The summed E-state index contributed by atoms with van der Waals surface area (Å²) in [6.45, 7) is 6.35. The summed E-state index contributed by atoms with van der Waals surface area (Å²) in [5.74, 6) is 0. The van der Waals surface area contributed by atoms with Crippen LogP contribution in [-0.4, -0.2) is 29.7 Å². The highest BCUT2D eigenvalue weighted by Crippen LogP contribution is 2.50. The molecule has 1 N–H and O–H groups in total. The molecule has 0 saturated carbocycles. The number of unbranched alkanes of at least 4 members (excludes halogenated alkanes) is 2. The molecule has 0 aliphatic heterocycles. The van der Waals surface area contributed by atoms with Gasteiger partial charge in [-0.2, -0.15) is 0 Å². The Morgan fingerprint density at radius 3 is 2.03 bits per heavy atom. The van der Waals surface area contributed by atoms with Crippen LogP contribution < -0.4 is 0 Å². The van der Waals surface area contributed by atoms with Gasteiger partial charge in [-0.1, -0.05) is 79.7 Å². The lowest BCUT2D eigenvalue weighted by molar-refractivity contribution is 0.120.